The summed E-state index contributed by atoms with van der Waals surface area (Å²) in [6, 6.07) is 16.6. The summed E-state index contributed by atoms with van der Waals surface area (Å²) in [5.41, 5.74) is 1.65. The summed E-state index contributed by atoms with van der Waals surface area (Å²) in [4.78, 5) is 13.5. The number of methoxy groups -OCH3 is 2. The number of fused-ring (bicyclic) bond motifs is 1. The molecule has 1 atom stereocenters. The van der Waals surface area contributed by atoms with Gasteiger partial charge in [0.15, 0.2) is 6.29 Å². The molecule has 1 heterocycles. The van der Waals surface area contributed by atoms with Crippen LogP contribution in [0.3, 0.4) is 0 Å². The smallest absolute Gasteiger partial charge is 0.210 e. The molecule has 0 fully saturated rings. The van der Waals surface area contributed by atoms with Crippen molar-refractivity contribution in [3.05, 3.63) is 70.9 Å². The van der Waals surface area contributed by atoms with Crippen LogP contribution in [-0.2, 0) is 14.3 Å². The zero-order chi connectivity index (χ0) is 18.5. The standard InChI is InChI=1S/C20H20ClNO4/c1-24-19(25-2)12-22(13-23)20(14-7-9-16(21)10-8-14)18-11-15-5-3-4-6-17(15)26-18/h3-11,13,19-20H,12H2,1-2H3/t20-/m1/s1. The molecule has 26 heavy (non-hydrogen) atoms. The van der Waals surface area contributed by atoms with Crippen LogP contribution in [0.1, 0.15) is 17.4 Å². The van der Waals surface area contributed by atoms with Crippen LogP contribution in [0.5, 0.6) is 0 Å². The number of halogens is 1. The van der Waals surface area contributed by atoms with Crippen LogP contribution < -0.4 is 0 Å². The van der Waals surface area contributed by atoms with E-state index < -0.39 is 12.3 Å². The zero-order valence-electron chi connectivity index (χ0n) is 14.6. The number of para-hydroxylation sites is 1. The maximum atomic E-state index is 11.9. The number of ether oxygens (including phenoxy) is 2. The Hall–Kier alpha value is -2.34. The van der Waals surface area contributed by atoms with E-state index >= 15 is 0 Å². The fourth-order valence-corrected chi connectivity index (χ4v) is 3.05. The van der Waals surface area contributed by atoms with Gasteiger partial charge < -0.3 is 18.8 Å². The molecule has 0 bridgehead atoms. The molecule has 6 heteroatoms. The van der Waals surface area contributed by atoms with Gasteiger partial charge in [-0.2, -0.15) is 0 Å². The average molecular weight is 374 g/mol. The second-order valence-electron chi connectivity index (χ2n) is 5.84. The molecule has 0 N–H and O–H groups in total. The fourth-order valence-electron chi connectivity index (χ4n) is 2.93. The van der Waals surface area contributed by atoms with Crippen LogP contribution >= 0.6 is 11.6 Å². The molecule has 0 radical (unpaired) electrons. The third-order valence-electron chi connectivity index (χ3n) is 4.25. The number of carbonyl (C=O) groups is 1. The zero-order valence-corrected chi connectivity index (χ0v) is 15.3. The van der Waals surface area contributed by atoms with E-state index in [9.17, 15) is 4.79 Å². The first-order valence-electron chi connectivity index (χ1n) is 8.17. The Kier molecular flexibility index (Phi) is 5.93. The highest BCUT2D eigenvalue weighted by Gasteiger charge is 2.27. The van der Waals surface area contributed by atoms with E-state index in [0.717, 1.165) is 22.9 Å². The minimum atomic E-state index is -0.542. The lowest BCUT2D eigenvalue weighted by molar-refractivity contribution is -0.138. The summed E-state index contributed by atoms with van der Waals surface area (Å²) in [5, 5.41) is 1.60. The van der Waals surface area contributed by atoms with Crippen molar-refractivity contribution in [2.75, 3.05) is 20.8 Å². The van der Waals surface area contributed by atoms with Gasteiger partial charge in [0.05, 0.1) is 6.54 Å². The highest BCUT2D eigenvalue weighted by molar-refractivity contribution is 6.30. The van der Waals surface area contributed by atoms with Gasteiger partial charge in [-0.25, -0.2) is 0 Å². The van der Waals surface area contributed by atoms with Crippen molar-refractivity contribution >= 4 is 29.0 Å². The molecule has 0 aliphatic heterocycles. The van der Waals surface area contributed by atoms with E-state index in [-0.39, 0.29) is 6.54 Å². The molecule has 5 nitrogen and oxygen atoms in total. The lowest BCUT2D eigenvalue weighted by Crippen LogP contribution is -2.36. The van der Waals surface area contributed by atoms with Crippen molar-refractivity contribution in [2.24, 2.45) is 0 Å². The predicted molar refractivity (Wildman–Crippen MR) is 100 cm³/mol. The Morgan fingerprint density at radius 3 is 2.42 bits per heavy atom. The maximum absolute atomic E-state index is 11.9. The highest BCUT2D eigenvalue weighted by Crippen LogP contribution is 2.33. The van der Waals surface area contributed by atoms with E-state index in [4.69, 9.17) is 25.5 Å². The number of furan rings is 1. The molecule has 0 aliphatic rings. The van der Waals surface area contributed by atoms with Crippen LogP contribution in [0.2, 0.25) is 5.02 Å². The van der Waals surface area contributed by atoms with Crippen LogP contribution in [0, 0.1) is 0 Å². The minimum absolute atomic E-state index is 0.251. The van der Waals surface area contributed by atoms with Crippen LogP contribution in [0.15, 0.2) is 59.0 Å². The monoisotopic (exact) mass is 373 g/mol. The predicted octanol–water partition coefficient (Wildman–Crippen LogP) is 4.25. The van der Waals surface area contributed by atoms with Gasteiger partial charge in [-0.1, -0.05) is 41.9 Å². The van der Waals surface area contributed by atoms with E-state index in [1.807, 2.05) is 42.5 Å². The number of hydrogen-bond acceptors (Lipinski definition) is 4. The first-order valence-corrected chi connectivity index (χ1v) is 8.54. The highest BCUT2D eigenvalue weighted by atomic mass is 35.5. The van der Waals surface area contributed by atoms with E-state index in [1.54, 1.807) is 17.0 Å². The van der Waals surface area contributed by atoms with Gasteiger partial charge in [0, 0.05) is 24.6 Å². The SMILES string of the molecule is COC(CN(C=O)[C@H](c1ccc(Cl)cc1)c1cc2ccccc2o1)OC. The lowest BCUT2D eigenvalue weighted by Gasteiger charge is -2.29. The van der Waals surface area contributed by atoms with Crippen molar-refractivity contribution in [1.29, 1.82) is 0 Å². The van der Waals surface area contributed by atoms with Gasteiger partial charge in [0.2, 0.25) is 6.41 Å². The maximum Gasteiger partial charge on any atom is 0.210 e. The molecular weight excluding hydrogens is 354 g/mol. The molecule has 0 aliphatic carbocycles. The summed E-state index contributed by atoms with van der Waals surface area (Å²) >= 11 is 6.02. The molecule has 2 aromatic carbocycles. The normalized spacial score (nSPS) is 12.5. The van der Waals surface area contributed by atoms with Crippen molar-refractivity contribution in [3.8, 4) is 0 Å². The molecule has 0 spiro atoms. The van der Waals surface area contributed by atoms with Crippen molar-refractivity contribution in [1.82, 2.24) is 4.90 Å². The number of carbonyl (C=O) groups excluding carboxylic acids is 1. The first kappa shape index (κ1) is 18.5. The van der Waals surface area contributed by atoms with Crippen LogP contribution in [0.4, 0.5) is 0 Å². The number of amides is 1. The summed E-state index contributed by atoms with van der Waals surface area (Å²) in [6.45, 7) is 0.251. The molecule has 0 saturated heterocycles. The summed E-state index contributed by atoms with van der Waals surface area (Å²) in [5.74, 6) is 0.659. The number of rotatable bonds is 8. The van der Waals surface area contributed by atoms with E-state index in [2.05, 4.69) is 0 Å². The van der Waals surface area contributed by atoms with Gasteiger partial charge >= 0.3 is 0 Å². The number of hydrogen-bond donors (Lipinski definition) is 0. The number of nitrogens with zero attached hydrogens (tertiary/aromatic N) is 1. The molecule has 1 amide bonds. The Bertz CT molecular complexity index is 825. The van der Waals surface area contributed by atoms with Crippen molar-refractivity contribution in [3.63, 3.8) is 0 Å². The molecule has 3 rings (SSSR count). The topological polar surface area (TPSA) is 51.9 Å². The van der Waals surface area contributed by atoms with Gasteiger partial charge in [-0.3, -0.25) is 4.79 Å². The molecule has 0 saturated carbocycles. The first-order chi connectivity index (χ1) is 12.7. The molecular formula is C20H20ClNO4. The van der Waals surface area contributed by atoms with Gasteiger partial charge in [-0.05, 0) is 29.8 Å². The van der Waals surface area contributed by atoms with Crippen LogP contribution in [-0.4, -0.2) is 38.4 Å². The summed E-state index contributed by atoms with van der Waals surface area (Å²) < 4.78 is 16.5. The van der Waals surface area contributed by atoms with Crippen LogP contribution in [0.25, 0.3) is 11.0 Å². The molecule has 1 aromatic heterocycles. The number of benzene rings is 2. The van der Waals surface area contributed by atoms with Gasteiger partial charge in [0.25, 0.3) is 0 Å². The molecule has 3 aromatic rings. The summed E-state index contributed by atoms with van der Waals surface area (Å²) in [6.07, 6.45) is 0.233. The van der Waals surface area contributed by atoms with Crippen molar-refractivity contribution in [2.45, 2.75) is 12.3 Å². The second-order valence-corrected chi connectivity index (χ2v) is 6.28. The van der Waals surface area contributed by atoms with E-state index in [0.29, 0.717) is 10.8 Å². The van der Waals surface area contributed by atoms with Gasteiger partial charge in [0.1, 0.15) is 17.4 Å². The second kappa shape index (κ2) is 8.36. The quantitative estimate of drug-likeness (QED) is 0.437. The fraction of sp³-hybridized carbons (Fsp3) is 0.250. The molecule has 0 unspecified atom stereocenters. The average Bonchev–Trinajstić information content (AvgIpc) is 3.09. The van der Waals surface area contributed by atoms with E-state index in [1.165, 1.54) is 14.2 Å². The largest absolute Gasteiger partial charge is 0.458 e. The Morgan fingerprint density at radius 2 is 1.81 bits per heavy atom. The lowest BCUT2D eigenvalue weighted by atomic mass is 10.0. The Morgan fingerprint density at radius 1 is 1.12 bits per heavy atom. The van der Waals surface area contributed by atoms with Gasteiger partial charge in [-0.15, -0.1) is 0 Å². The Balaban J connectivity index is 2.05. The minimum Gasteiger partial charge on any atom is -0.458 e. The summed E-state index contributed by atoms with van der Waals surface area (Å²) in [7, 11) is 3.07. The molecule has 136 valence electrons. The Labute approximate surface area is 157 Å². The van der Waals surface area contributed by atoms with Crippen molar-refractivity contribution < 1.29 is 18.7 Å². The third kappa shape index (κ3) is 3.90. The third-order valence-corrected chi connectivity index (χ3v) is 4.50.